The Bertz CT molecular complexity index is 1120. The van der Waals surface area contributed by atoms with Gasteiger partial charge in [0.15, 0.2) is 9.84 Å². The number of sulfone groups is 1. The van der Waals surface area contributed by atoms with Crippen LogP contribution >= 0.6 is 0 Å². The van der Waals surface area contributed by atoms with Crippen LogP contribution in [0.15, 0.2) is 42.5 Å². The molecule has 2 heterocycles. The molecule has 2 amide bonds. The lowest BCUT2D eigenvalue weighted by molar-refractivity contribution is 0.194. The number of hydrogen-bond donors (Lipinski definition) is 2. The van der Waals surface area contributed by atoms with Gasteiger partial charge in [-0.15, -0.1) is 0 Å². The Labute approximate surface area is 180 Å². The van der Waals surface area contributed by atoms with Gasteiger partial charge in [-0.2, -0.15) is 0 Å². The lowest BCUT2D eigenvalue weighted by atomic mass is 10.0. The van der Waals surface area contributed by atoms with Crippen LogP contribution in [0.4, 0.5) is 26.7 Å². The van der Waals surface area contributed by atoms with Gasteiger partial charge in [0.2, 0.25) is 0 Å². The van der Waals surface area contributed by atoms with Crippen LogP contribution in [0, 0.1) is 0 Å². The summed E-state index contributed by atoms with van der Waals surface area (Å²) < 4.78 is 23.3. The third kappa shape index (κ3) is 4.02. The summed E-state index contributed by atoms with van der Waals surface area (Å²) in [5, 5.41) is 19.2. The molecule has 1 saturated heterocycles. The van der Waals surface area contributed by atoms with Gasteiger partial charge in [-0.3, -0.25) is 9.80 Å². The third-order valence-corrected chi connectivity index (χ3v) is 7.37. The molecule has 164 valence electrons. The number of benzene rings is 2. The van der Waals surface area contributed by atoms with E-state index in [1.807, 2.05) is 29.2 Å². The molecule has 2 aliphatic rings. The van der Waals surface area contributed by atoms with Gasteiger partial charge in [0.25, 0.3) is 0 Å². The molecule has 0 aliphatic carbocycles. The van der Waals surface area contributed by atoms with Crippen LogP contribution in [0.25, 0.3) is 11.1 Å². The highest BCUT2D eigenvalue weighted by Crippen LogP contribution is 2.39. The fourth-order valence-corrected chi connectivity index (χ4v) is 5.31. The molecule has 0 saturated carbocycles. The maximum Gasteiger partial charge on any atom is 0.412 e. The summed E-state index contributed by atoms with van der Waals surface area (Å²) in [6.07, 6.45) is -2.26. The van der Waals surface area contributed by atoms with Crippen molar-refractivity contribution in [1.82, 2.24) is 0 Å². The molecule has 2 aliphatic heterocycles. The first-order valence-electron chi connectivity index (χ1n) is 9.89. The average molecular weight is 445 g/mol. The number of hydrogen-bond acceptors (Lipinski definition) is 5. The largest absolute Gasteiger partial charge is 0.465 e. The monoisotopic (exact) mass is 445 g/mol. The minimum atomic E-state index is -2.95. The van der Waals surface area contributed by atoms with Gasteiger partial charge in [-0.1, -0.05) is 18.2 Å². The lowest BCUT2D eigenvalue weighted by Crippen LogP contribution is -2.51. The standard InChI is InChI=1S/C21H23N3O6S/c1-14-13-23(20(25)26)19-12-16(4-7-18(19)24(14)21(27)28)15-2-5-17(6-3-15)22-8-10-31(29,30)11-9-22/h2-7,12,14H,8-11,13H2,1H3,(H,25,26)(H,27,28)/t14-/m0/s1. The topological polar surface area (TPSA) is 118 Å². The molecule has 9 nitrogen and oxygen atoms in total. The van der Waals surface area contributed by atoms with E-state index in [0.29, 0.717) is 24.5 Å². The zero-order valence-corrected chi connectivity index (χ0v) is 17.7. The number of amides is 2. The highest BCUT2D eigenvalue weighted by Gasteiger charge is 2.35. The van der Waals surface area contributed by atoms with E-state index >= 15 is 0 Å². The second-order valence-corrected chi connectivity index (χ2v) is 10.1. The summed E-state index contributed by atoms with van der Waals surface area (Å²) in [6, 6.07) is 12.2. The normalized spacial score (nSPS) is 20.3. The van der Waals surface area contributed by atoms with E-state index in [9.17, 15) is 28.2 Å². The van der Waals surface area contributed by atoms with Crippen LogP contribution in [0.2, 0.25) is 0 Å². The SMILES string of the molecule is C[C@H]1CN(C(=O)O)c2cc(-c3ccc(N4CCS(=O)(=O)CC4)cc3)ccc2N1C(=O)O. The van der Waals surface area contributed by atoms with Gasteiger partial charge in [0.1, 0.15) is 0 Å². The first-order chi connectivity index (χ1) is 14.7. The van der Waals surface area contributed by atoms with Crippen LogP contribution in [0.5, 0.6) is 0 Å². The number of anilines is 3. The molecule has 0 bridgehead atoms. The number of fused-ring (bicyclic) bond motifs is 1. The highest BCUT2D eigenvalue weighted by atomic mass is 32.2. The minimum absolute atomic E-state index is 0.0505. The van der Waals surface area contributed by atoms with E-state index in [4.69, 9.17) is 0 Å². The predicted molar refractivity (Wildman–Crippen MR) is 118 cm³/mol. The predicted octanol–water partition coefficient (Wildman–Crippen LogP) is 2.96. The lowest BCUT2D eigenvalue weighted by Gasteiger charge is -2.38. The van der Waals surface area contributed by atoms with E-state index < -0.39 is 28.1 Å². The average Bonchev–Trinajstić information content (AvgIpc) is 2.72. The molecule has 2 aromatic rings. The van der Waals surface area contributed by atoms with Gasteiger partial charge >= 0.3 is 12.2 Å². The Morgan fingerprint density at radius 3 is 2.10 bits per heavy atom. The Kier molecular flexibility index (Phi) is 5.26. The molecule has 0 unspecified atom stereocenters. The number of nitrogens with zero attached hydrogens (tertiary/aromatic N) is 3. The molecule has 31 heavy (non-hydrogen) atoms. The Morgan fingerprint density at radius 2 is 1.52 bits per heavy atom. The van der Waals surface area contributed by atoms with Crippen molar-refractivity contribution in [3.05, 3.63) is 42.5 Å². The number of rotatable bonds is 2. The van der Waals surface area contributed by atoms with E-state index in [1.165, 1.54) is 9.80 Å². The molecule has 10 heteroatoms. The van der Waals surface area contributed by atoms with Crippen molar-refractivity contribution in [2.75, 3.05) is 45.8 Å². The van der Waals surface area contributed by atoms with Crippen molar-refractivity contribution < 1.29 is 28.2 Å². The summed E-state index contributed by atoms with van der Waals surface area (Å²) >= 11 is 0. The zero-order chi connectivity index (χ0) is 22.3. The zero-order valence-electron chi connectivity index (χ0n) is 16.9. The summed E-state index contributed by atoms with van der Waals surface area (Å²) in [7, 11) is -2.95. The first-order valence-corrected chi connectivity index (χ1v) is 11.7. The fraction of sp³-hybridized carbons (Fsp3) is 0.333. The number of carbonyl (C=O) groups is 2. The quantitative estimate of drug-likeness (QED) is 0.729. The van der Waals surface area contributed by atoms with Crippen molar-refractivity contribution in [1.29, 1.82) is 0 Å². The number of carboxylic acid groups (broad SMARTS) is 2. The van der Waals surface area contributed by atoms with Crippen LogP contribution < -0.4 is 14.7 Å². The maximum atomic E-state index is 11.8. The molecule has 0 aromatic heterocycles. The molecule has 0 spiro atoms. The van der Waals surface area contributed by atoms with E-state index in [1.54, 1.807) is 25.1 Å². The Morgan fingerprint density at radius 1 is 0.903 bits per heavy atom. The summed E-state index contributed by atoms with van der Waals surface area (Å²) in [4.78, 5) is 27.9. The first kappa shape index (κ1) is 21.0. The van der Waals surface area contributed by atoms with Gasteiger partial charge in [0.05, 0.1) is 35.5 Å². The van der Waals surface area contributed by atoms with Crippen LogP contribution in [0.3, 0.4) is 0 Å². The fourth-order valence-electron chi connectivity index (χ4n) is 4.11. The molecular weight excluding hydrogens is 422 g/mol. The second kappa shape index (κ2) is 7.77. The van der Waals surface area contributed by atoms with Crippen LogP contribution in [-0.4, -0.2) is 68.0 Å². The Hall–Kier alpha value is -3.27. The molecule has 2 N–H and O–H groups in total. The van der Waals surface area contributed by atoms with Crippen molar-refractivity contribution in [2.45, 2.75) is 13.0 Å². The summed E-state index contributed by atoms with van der Waals surface area (Å²) in [5.41, 5.74) is 3.20. The molecule has 2 aromatic carbocycles. The van der Waals surface area contributed by atoms with Gasteiger partial charge in [0, 0.05) is 18.8 Å². The van der Waals surface area contributed by atoms with E-state index in [-0.39, 0.29) is 18.1 Å². The molecule has 4 rings (SSSR count). The third-order valence-electron chi connectivity index (χ3n) is 5.76. The van der Waals surface area contributed by atoms with Crippen molar-refractivity contribution in [3.63, 3.8) is 0 Å². The van der Waals surface area contributed by atoms with Crippen molar-refractivity contribution >= 4 is 39.1 Å². The smallest absolute Gasteiger partial charge is 0.412 e. The molecule has 1 atom stereocenters. The van der Waals surface area contributed by atoms with Crippen molar-refractivity contribution in [2.24, 2.45) is 0 Å². The second-order valence-electron chi connectivity index (χ2n) is 7.78. The van der Waals surface area contributed by atoms with Gasteiger partial charge < -0.3 is 15.1 Å². The highest BCUT2D eigenvalue weighted by molar-refractivity contribution is 7.91. The van der Waals surface area contributed by atoms with E-state index in [0.717, 1.165) is 16.8 Å². The van der Waals surface area contributed by atoms with Crippen LogP contribution in [0.1, 0.15) is 6.92 Å². The van der Waals surface area contributed by atoms with Gasteiger partial charge in [-0.05, 0) is 42.3 Å². The molecular formula is C21H23N3O6S. The maximum absolute atomic E-state index is 11.8. The Balaban J connectivity index is 1.64. The molecule has 1 fully saturated rings. The van der Waals surface area contributed by atoms with Gasteiger partial charge in [-0.25, -0.2) is 18.0 Å². The molecule has 0 radical (unpaired) electrons. The summed E-state index contributed by atoms with van der Waals surface area (Å²) in [5.74, 6) is 0.284. The summed E-state index contributed by atoms with van der Waals surface area (Å²) in [6.45, 7) is 2.63. The van der Waals surface area contributed by atoms with Crippen molar-refractivity contribution in [3.8, 4) is 11.1 Å². The van der Waals surface area contributed by atoms with Crippen LogP contribution in [-0.2, 0) is 9.84 Å². The minimum Gasteiger partial charge on any atom is -0.465 e. The van der Waals surface area contributed by atoms with E-state index in [2.05, 4.69) is 0 Å².